The average Bonchev–Trinajstić information content (AvgIpc) is 2.97. The summed E-state index contributed by atoms with van der Waals surface area (Å²) in [6, 6.07) is 0.782. The Kier molecular flexibility index (Phi) is 5.72. The molecule has 1 heterocycles. The number of hydrogen-bond acceptors (Lipinski definition) is 3. The van der Waals surface area contributed by atoms with E-state index in [1.165, 1.54) is 64.7 Å². The molecule has 21 heavy (non-hydrogen) atoms. The summed E-state index contributed by atoms with van der Waals surface area (Å²) in [4.78, 5) is 5.16. The van der Waals surface area contributed by atoms with Crippen molar-refractivity contribution in [1.29, 1.82) is 0 Å². The number of hydrogen-bond donors (Lipinski definition) is 1. The van der Waals surface area contributed by atoms with Crippen molar-refractivity contribution in [3.8, 4) is 0 Å². The predicted octanol–water partition coefficient (Wildman–Crippen LogP) is 2.96. The summed E-state index contributed by atoms with van der Waals surface area (Å²) < 4.78 is 0. The molecule has 1 saturated carbocycles. The molecule has 0 aromatic rings. The molecule has 2 aliphatic rings. The molecule has 0 bridgehead atoms. The fourth-order valence-electron chi connectivity index (χ4n) is 4.18. The Labute approximate surface area is 132 Å². The summed E-state index contributed by atoms with van der Waals surface area (Å²) in [5.41, 5.74) is 0.749. The van der Waals surface area contributed by atoms with Gasteiger partial charge in [-0.25, -0.2) is 0 Å². The molecular weight excluding hydrogens is 258 g/mol. The van der Waals surface area contributed by atoms with Crippen molar-refractivity contribution < 1.29 is 0 Å². The molecular formula is C18H37N3. The van der Waals surface area contributed by atoms with Crippen molar-refractivity contribution in [3.05, 3.63) is 0 Å². The minimum absolute atomic E-state index is 0.236. The summed E-state index contributed by atoms with van der Waals surface area (Å²) in [6.07, 6.45) is 8.41. The maximum Gasteiger partial charge on any atom is 0.0220 e. The lowest BCUT2D eigenvalue weighted by Crippen LogP contribution is -2.48. The molecule has 0 radical (unpaired) electrons. The Morgan fingerprint density at radius 3 is 2.38 bits per heavy atom. The van der Waals surface area contributed by atoms with E-state index >= 15 is 0 Å². The maximum absolute atomic E-state index is 3.78. The summed E-state index contributed by atoms with van der Waals surface area (Å²) in [5, 5.41) is 3.78. The first-order valence-corrected chi connectivity index (χ1v) is 8.94. The topological polar surface area (TPSA) is 18.5 Å². The van der Waals surface area contributed by atoms with Gasteiger partial charge in [0.1, 0.15) is 0 Å². The predicted molar refractivity (Wildman–Crippen MR) is 91.8 cm³/mol. The van der Waals surface area contributed by atoms with Gasteiger partial charge in [-0.15, -0.1) is 0 Å². The van der Waals surface area contributed by atoms with Gasteiger partial charge in [0.2, 0.25) is 0 Å². The van der Waals surface area contributed by atoms with Gasteiger partial charge in [-0.3, -0.25) is 0 Å². The van der Waals surface area contributed by atoms with Gasteiger partial charge in [0, 0.05) is 31.2 Å². The summed E-state index contributed by atoms with van der Waals surface area (Å²) in [5.74, 6) is 0. The number of likely N-dealkylation sites (tertiary alicyclic amines) is 1. The zero-order valence-corrected chi connectivity index (χ0v) is 15.0. The van der Waals surface area contributed by atoms with E-state index in [-0.39, 0.29) is 5.54 Å². The zero-order valence-electron chi connectivity index (χ0n) is 15.0. The van der Waals surface area contributed by atoms with Crippen LogP contribution in [0.25, 0.3) is 0 Å². The van der Waals surface area contributed by atoms with Crippen LogP contribution < -0.4 is 5.32 Å². The molecule has 1 atom stereocenters. The first-order valence-electron chi connectivity index (χ1n) is 8.94. The molecule has 0 spiro atoms. The summed E-state index contributed by atoms with van der Waals surface area (Å²) in [7, 11) is 4.63. The Balaban J connectivity index is 1.86. The minimum atomic E-state index is 0.236. The van der Waals surface area contributed by atoms with E-state index in [2.05, 4.69) is 50.0 Å². The monoisotopic (exact) mass is 295 g/mol. The van der Waals surface area contributed by atoms with Gasteiger partial charge in [-0.05, 0) is 72.5 Å². The molecule has 1 saturated heterocycles. The van der Waals surface area contributed by atoms with Crippen LogP contribution in [0.4, 0.5) is 0 Å². The third-order valence-corrected chi connectivity index (χ3v) is 5.46. The molecule has 1 unspecified atom stereocenters. The highest BCUT2D eigenvalue weighted by Crippen LogP contribution is 2.38. The molecule has 1 aliphatic heterocycles. The Hall–Kier alpha value is -0.120. The fourth-order valence-corrected chi connectivity index (χ4v) is 4.18. The van der Waals surface area contributed by atoms with Crippen LogP contribution in [0.2, 0.25) is 0 Å². The van der Waals surface area contributed by atoms with Crippen molar-refractivity contribution in [1.82, 2.24) is 15.1 Å². The molecule has 124 valence electrons. The van der Waals surface area contributed by atoms with Crippen LogP contribution in [0.5, 0.6) is 0 Å². The van der Waals surface area contributed by atoms with Crippen molar-refractivity contribution in [3.63, 3.8) is 0 Å². The van der Waals surface area contributed by atoms with Crippen LogP contribution in [-0.4, -0.2) is 61.7 Å². The Bertz CT molecular complexity index is 315. The maximum atomic E-state index is 3.78. The van der Waals surface area contributed by atoms with Crippen LogP contribution in [0.3, 0.4) is 0 Å². The second-order valence-electron chi connectivity index (χ2n) is 8.78. The van der Waals surface area contributed by atoms with Gasteiger partial charge in [0.15, 0.2) is 0 Å². The van der Waals surface area contributed by atoms with Crippen molar-refractivity contribution in [2.45, 2.75) is 70.9 Å². The number of likely N-dealkylation sites (N-methyl/N-ethyl adjacent to an activating group) is 2. The Morgan fingerprint density at radius 2 is 1.86 bits per heavy atom. The molecule has 3 heteroatoms. The fraction of sp³-hybridized carbons (Fsp3) is 1.00. The third kappa shape index (κ3) is 5.22. The highest BCUT2D eigenvalue weighted by atomic mass is 15.2. The van der Waals surface area contributed by atoms with Gasteiger partial charge in [-0.1, -0.05) is 12.8 Å². The molecule has 1 N–H and O–H groups in total. The van der Waals surface area contributed by atoms with Crippen LogP contribution in [0.15, 0.2) is 0 Å². The average molecular weight is 296 g/mol. The number of nitrogens with one attached hydrogen (secondary N) is 1. The van der Waals surface area contributed by atoms with Gasteiger partial charge < -0.3 is 15.1 Å². The molecule has 0 amide bonds. The molecule has 0 aromatic carbocycles. The third-order valence-electron chi connectivity index (χ3n) is 5.46. The van der Waals surface area contributed by atoms with Crippen molar-refractivity contribution >= 4 is 0 Å². The van der Waals surface area contributed by atoms with Crippen LogP contribution in [-0.2, 0) is 0 Å². The SMILES string of the molecule is CN(CC1CCCN1C)CC1(CNC(C)(C)C)CCCC1. The standard InChI is InChI=1S/C18H37N3/c1-17(2,3)19-14-18(10-6-7-11-18)15-20(4)13-16-9-8-12-21(16)5/h16,19H,6-15H2,1-5H3. The zero-order chi connectivity index (χ0) is 15.5. The van der Waals surface area contributed by atoms with E-state index in [0.717, 1.165) is 6.04 Å². The molecule has 2 fully saturated rings. The van der Waals surface area contributed by atoms with E-state index in [4.69, 9.17) is 0 Å². The first-order chi connectivity index (χ1) is 9.80. The van der Waals surface area contributed by atoms with Gasteiger partial charge >= 0.3 is 0 Å². The second kappa shape index (κ2) is 6.97. The van der Waals surface area contributed by atoms with E-state index in [9.17, 15) is 0 Å². The van der Waals surface area contributed by atoms with Crippen molar-refractivity contribution in [2.75, 3.05) is 40.3 Å². The quantitative estimate of drug-likeness (QED) is 0.813. The van der Waals surface area contributed by atoms with E-state index in [0.29, 0.717) is 5.41 Å². The first kappa shape index (κ1) is 17.2. The summed E-state index contributed by atoms with van der Waals surface area (Å²) in [6.45, 7) is 11.8. The molecule has 3 nitrogen and oxygen atoms in total. The molecule has 1 aliphatic carbocycles. The highest BCUT2D eigenvalue weighted by Gasteiger charge is 2.36. The second-order valence-corrected chi connectivity index (χ2v) is 8.78. The number of nitrogens with zero attached hydrogens (tertiary/aromatic N) is 2. The summed E-state index contributed by atoms with van der Waals surface area (Å²) >= 11 is 0. The lowest BCUT2D eigenvalue weighted by atomic mass is 9.84. The largest absolute Gasteiger partial charge is 0.311 e. The van der Waals surface area contributed by atoms with Crippen LogP contribution >= 0.6 is 0 Å². The van der Waals surface area contributed by atoms with E-state index in [1.54, 1.807) is 0 Å². The van der Waals surface area contributed by atoms with Gasteiger partial charge in [0.05, 0.1) is 0 Å². The Morgan fingerprint density at radius 1 is 1.19 bits per heavy atom. The molecule has 2 rings (SSSR count). The number of rotatable bonds is 6. The van der Waals surface area contributed by atoms with Crippen LogP contribution in [0, 0.1) is 5.41 Å². The molecule has 0 aromatic heterocycles. The van der Waals surface area contributed by atoms with Gasteiger partial charge in [0.25, 0.3) is 0 Å². The highest BCUT2D eigenvalue weighted by molar-refractivity contribution is 4.92. The van der Waals surface area contributed by atoms with E-state index in [1.807, 2.05) is 0 Å². The normalized spacial score (nSPS) is 26.9. The lowest BCUT2D eigenvalue weighted by molar-refractivity contribution is 0.136. The van der Waals surface area contributed by atoms with Gasteiger partial charge in [-0.2, -0.15) is 0 Å². The smallest absolute Gasteiger partial charge is 0.0220 e. The van der Waals surface area contributed by atoms with Crippen molar-refractivity contribution in [2.24, 2.45) is 5.41 Å². The lowest BCUT2D eigenvalue weighted by Gasteiger charge is -2.38. The van der Waals surface area contributed by atoms with Crippen LogP contribution in [0.1, 0.15) is 59.3 Å². The van der Waals surface area contributed by atoms with E-state index < -0.39 is 0 Å². The minimum Gasteiger partial charge on any atom is -0.311 e.